The lowest BCUT2D eigenvalue weighted by Crippen LogP contribution is -2.21. The summed E-state index contributed by atoms with van der Waals surface area (Å²) in [5.41, 5.74) is 7.88. The number of esters is 1. The number of hydrogen-bond acceptors (Lipinski definition) is 4. The third-order valence-corrected chi connectivity index (χ3v) is 3.72. The van der Waals surface area contributed by atoms with Crippen molar-refractivity contribution in [2.75, 3.05) is 7.11 Å². The standard InChI is InChI=1S/C19H23NO3/c1-3-16(20)13-14-9-11-17(12-10-14)23-18(19(21)22-2)15-7-5-4-6-8-15/h4-12,16,18H,3,13,20H2,1-2H3. The van der Waals surface area contributed by atoms with Crippen LogP contribution in [0.15, 0.2) is 54.6 Å². The van der Waals surface area contributed by atoms with Crippen LogP contribution in [-0.2, 0) is 16.0 Å². The van der Waals surface area contributed by atoms with Crippen molar-refractivity contribution in [3.05, 3.63) is 65.7 Å². The molecule has 0 aliphatic carbocycles. The van der Waals surface area contributed by atoms with Crippen LogP contribution in [0.25, 0.3) is 0 Å². The molecule has 0 fully saturated rings. The van der Waals surface area contributed by atoms with Crippen LogP contribution in [0.2, 0.25) is 0 Å². The maximum absolute atomic E-state index is 12.0. The van der Waals surface area contributed by atoms with Gasteiger partial charge in [0.25, 0.3) is 0 Å². The molecule has 0 amide bonds. The largest absolute Gasteiger partial charge is 0.474 e. The van der Waals surface area contributed by atoms with Crippen molar-refractivity contribution in [2.45, 2.75) is 31.9 Å². The average Bonchev–Trinajstić information content (AvgIpc) is 2.61. The van der Waals surface area contributed by atoms with Gasteiger partial charge in [-0.25, -0.2) is 4.79 Å². The molecule has 0 aromatic heterocycles. The lowest BCUT2D eigenvalue weighted by Gasteiger charge is -2.17. The Bertz CT molecular complexity index is 610. The second-order valence-electron chi connectivity index (χ2n) is 5.45. The summed E-state index contributed by atoms with van der Waals surface area (Å²) in [7, 11) is 1.36. The van der Waals surface area contributed by atoms with Crippen molar-refractivity contribution in [3.8, 4) is 5.75 Å². The van der Waals surface area contributed by atoms with E-state index in [2.05, 4.69) is 6.92 Å². The zero-order valence-electron chi connectivity index (χ0n) is 13.6. The molecule has 2 unspecified atom stereocenters. The highest BCUT2D eigenvalue weighted by molar-refractivity contribution is 5.76. The normalized spacial score (nSPS) is 13.2. The second kappa shape index (κ2) is 8.34. The van der Waals surface area contributed by atoms with E-state index in [0.717, 1.165) is 24.0 Å². The number of nitrogens with two attached hydrogens (primary N) is 1. The predicted molar refractivity (Wildman–Crippen MR) is 90.2 cm³/mol. The minimum atomic E-state index is -0.773. The van der Waals surface area contributed by atoms with E-state index in [0.29, 0.717) is 5.75 Å². The fourth-order valence-corrected chi connectivity index (χ4v) is 2.27. The molecule has 0 radical (unpaired) electrons. The summed E-state index contributed by atoms with van der Waals surface area (Å²) in [6.07, 6.45) is 0.997. The number of hydrogen-bond donors (Lipinski definition) is 1. The van der Waals surface area contributed by atoms with Crippen molar-refractivity contribution >= 4 is 5.97 Å². The van der Waals surface area contributed by atoms with Crippen LogP contribution in [-0.4, -0.2) is 19.1 Å². The van der Waals surface area contributed by atoms with Crippen molar-refractivity contribution in [3.63, 3.8) is 0 Å². The molecular weight excluding hydrogens is 290 g/mol. The summed E-state index contributed by atoms with van der Waals surface area (Å²) < 4.78 is 10.7. The van der Waals surface area contributed by atoms with Gasteiger partial charge in [0.1, 0.15) is 5.75 Å². The highest BCUT2D eigenvalue weighted by atomic mass is 16.6. The van der Waals surface area contributed by atoms with Gasteiger partial charge in [-0.3, -0.25) is 0 Å². The molecule has 4 heteroatoms. The summed E-state index contributed by atoms with van der Waals surface area (Å²) in [6.45, 7) is 2.07. The van der Waals surface area contributed by atoms with Gasteiger partial charge in [-0.2, -0.15) is 0 Å². The number of rotatable bonds is 7. The summed E-state index contributed by atoms with van der Waals surface area (Å²) in [5, 5.41) is 0. The first-order valence-corrected chi connectivity index (χ1v) is 7.78. The highest BCUT2D eigenvalue weighted by Crippen LogP contribution is 2.23. The summed E-state index contributed by atoms with van der Waals surface area (Å²) in [6, 6.07) is 17.1. The van der Waals surface area contributed by atoms with Gasteiger partial charge in [0.05, 0.1) is 7.11 Å². The van der Waals surface area contributed by atoms with Gasteiger partial charge in [-0.15, -0.1) is 0 Å². The molecule has 0 aliphatic heterocycles. The SMILES string of the molecule is CCC(N)Cc1ccc(OC(C(=O)OC)c2ccccc2)cc1. The molecule has 0 aliphatic rings. The minimum absolute atomic E-state index is 0.161. The molecule has 0 spiro atoms. The average molecular weight is 313 g/mol. The lowest BCUT2D eigenvalue weighted by molar-refractivity contribution is -0.149. The van der Waals surface area contributed by atoms with Crippen LogP contribution in [0.3, 0.4) is 0 Å². The molecule has 2 N–H and O–H groups in total. The van der Waals surface area contributed by atoms with Crippen molar-refractivity contribution in [1.82, 2.24) is 0 Å². The Morgan fingerprint density at radius 2 is 1.74 bits per heavy atom. The van der Waals surface area contributed by atoms with E-state index in [4.69, 9.17) is 15.2 Å². The summed E-state index contributed by atoms with van der Waals surface area (Å²) >= 11 is 0. The first-order valence-electron chi connectivity index (χ1n) is 7.78. The molecular formula is C19H23NO3. The first kappa shape index (κ1) is 17.0. The number of ether oxygens (including phenoxy) is 2. The Labute approximate surface area is 137 Å². The van der Waals surface area contributed by atoms with Crippen LogP contribution in [0, 0.1) is 0 Å². The Hall–Kier alpha value is -2.33. The zero-order valence-corrected chi connectivity index (χ0v) is 13.6. The molecule has 0 heterocycles. The van der Waals surface area contributed by atoms with Gasteiger partial charge in [0.2, 0.25) is 6.10 Å². The first-order chi connectivity index (χ1) is 11.1. The van der Waals surface area contributed by atoms with Crippen LogP contribution in [0.5, 0.6) is 5.75 Å². The fourth-order valence-electron chi connectivity index (χ4n) is 2.27. The lowest BCUT2D eigenvalue weighted by atomic mass is 10.0. The van der Waals surface area contributed by atoms with Gasteiger partial charge in [-0.1, -0.05) is 49.4 Å². The van der Waals surface area contributed by atoms with Gasteiger partial charge < -0.3 is 15.2 Å². The topological polar surface area (TPSA) is 61.5 Å². The number of carbonyl (C=O) groups excluding carboxylic acids is 1. The third-order valence-electron chi connectivity index (χ3n) is 3.72. The highest BCUT2D eigenvalue weighted by Gasteiger charge is 2.23. The van der Waals surface area contributed by atoms with Crippen molar-refractivity contribution in [2.24, 2.45) is 5.73 Å². The van der Waals surface area contributed by atoms with E-state index < -0.39 is 12.1 Å². The van der Waals surface area contributed by atoms with Gasteiger partial charge in [0, 0.05) is 11.6 Å². The quantitative estimate of drug-likeness (QED) is 0.797. The maximum atomic E-state index is 12.0. The van der Waals surface area contributed by atoms with Crippen LogP contribution >= 0.6 is 0 Å². The number of methoxy groups -OCH3 is 1. The third kappa shape index (κ3) is 4.83. The second-order valence-corrected chi connectivity index (χ2v) is 5.45. The van der Waals surface area contributed by atoms with E-state index in [-0.39, 0.29) is 6.04 Å². The minimum Gasteiger partial charge on any atom is -0.474 e. The molecule has 4 nitrogen and oxygen atoms in total. The zero-order chi connectivity index (χ0) is 16.7. The maximum Gasteiger partial charge on any atom is 0.351 e. The molecule has 2 rings (SSSR count). The molecule has 122 valence electrons. The van der Waals surface area contributed by atoms with Crippen molar-refractivity contribution < 1.29 is 14.3 Å². The number of benzene rings is 2. The Kier molecular flexibility index (Phi) is 6.18. The number of carbonyl (C=O) groups is 1. The molecule has 23 heavy (non-hydrogen) atoms. The van der Waals surface area contributed by atoms with E-state index in [1.54, 1.807) is 0 Å². The smallest absolute Gasteiger partial charge is 0.351 e. The molecule has 2 aromatic rings. The van der Waals surface area contributed by atoms with Crippen molar-refractivity contribution in [1.29, 1.82) is 0 Å². The van der Waals surface area contributed by atoms with Gasteiger partial charge in [0.15, 0.2) is 0 Å². The van der Waals surface area contributed by atoms with Crippen LogP contribution in [0.1, 0.15) is 30.6 Å². The molecule has 0 saturated heterocycles. The molecule has 0 saturated carbocycles. The monoisotopic (exact) mass is 313 g/mol. The van der Waals surface area contributed by atoms with E-state index >= 15 is 0 Å². The Morgan fingerprint density at radius 1 is 1.09 bits per heavy atom. The van der Waals surface area contributed by atoms with Crippen LogP contribution in [0.4, 0.5) is 0 Å². The predicted octanol–water partition coefficient (Wildman–Crippen LogP) is 3.26. The van der Waals surface area contributed by atoms with Gasteiger partial charge in [-0.05, 0) is 30.5 Å². The van der Waals surface area contributed by atoms with E-state index in [1.165, 1.54) is 7.11 Å². The Morgan fingerprint density at radius 3 is 2.30 bits per heavy atom. The van der Waals surface area contributed by atoms with Crippen LogP contribution < -0.4 is 10.5 Å². The summed E-state index contributed by atoms with van der Waals surface area (Å²) in [4.78, 5) is 12.0. The van der Waals surface area contributed by atoms with E-state index in [9.17, 15) is 4.79 Å². The summed E-state index contributed by atoms with van der Waals surface area (Å²) in [5.74, 6) is 0.200. The van der Waals surface area contributed by atoms with E-state index in [1.807, 2.05) is 54.6 Å². The molecule has 2 atom stereocenters. The molecule has 2 aromatic carbocycles. The Balaban J connectivity index is 2.12. The van der Waals surface area contributed by atoms with Gasteiger partial charge >= 0.3 is 5.97 Å². The fraction of sp³-hybridized carbons (Fsp3) is 0.316. The molecule has 0 bridgehead atoms.